The highest BCUT2D eigenvalue weighted by Crippen LogP contribution is 2.27. The standard InChI is InChI=1S/C22H22N6O/c1-15-12-20(28-22(25-15)23-14-24-28)27(3)16(2)18-10-7-11-19(13-18)26-21(29)17-8-5-4-6-9-17/h4-14,16H,1-3H3,(H,26,29). The lowest BCUT2D eigenvalue weighted by Crippen LogP contribution is -2.24. The molecule has 0 saturated heterocycles. The van der Waals surface area contributed by atoms with Crippen LogP contribution in [-0.2, 0) is 0 Å². The minimum Gasteiger partial charge on any atom is -0.353 e. The van der Waals surface area contributed by atoms with E-state index in [1.54, 1.807) is 16.6 Å². The maximum atomic E-state index is 12.5. The van der Waals surface area contributed by atoms with Crippen molar-refractivity contribution in [1.29, 1.82) is 0 Å². The van der Waals surface area contributed by atoms with Gasteiger partial charge in [0.2, 0.25) is 0 Å². The molecule has 0 aliphatic rings. The molecule has 0 radical (unpaired) electrons. The molecule has 1 amide bonds. The Labute approximate surface area is 169 Å². The predicted molar refractivity (Wildman–Crippen MR) is 113 cm³/mol. The average molecular weight is 386 g/mol. The van der Waals surface area contributed by atoms with Crippen molar-refractivity contribution in [2.24, 2.45) is 0 Å². The second-order valence-electron chi connectivity index (χ2n) is 6.96. The zero-order chi connectivity index (χ0) is 20.4. The van der Waals surface area contributed by atoms with Crippen LogP contribution in [0.15, 0.2) is 67.0 Å². The molecule has 0 saturated carbocycles. The van der Waals surface area contributed by atoms with Crippen LogP contribution in [0.2, 0.25) is 0 Å². The number of aryl methyl sites for hydroxylation is 1. The van der Waals surface area contributed by atoms with Crippen molar-refractivity contribution in [2.45, 2.75) is 19.9 Å². The molecule has 2 aromatic carbocycles. The largest absolute Gasteiger partial charge is 0.353 e. The summed E-state index contributed by atoms with van der Waals surface area (Å²) in [6, 6.07) is 19.1. The summed E-state index contributed by atoms with van der Waals surface area (Å²) in [5.41, 5.74) is 3.34. The van der Waals surface area contributed by atoms with Gasteiger partial charge in [0.05, 0.1) is 6.04 Å². The van der Waals surface area contributed by atoms with E-state index in [9.17, 15) is 4.79 Å². The van der Waals surface area contributed by atoms with Crippen LogP contribution in [0.4, 0.5) is 11.5 Å². The van der Waals surface area contributed by atoms with Gasteiger partial charge in [-0.25, -0.2) is 4.98 Å². The summed E-state index contributed by atoms with van der Waals surface area (Å²) in [6.07, 6.45) is 1.50. The third-order valence-corrected chi connectivity index (χ3v) is 4.97. The third-order valence-electron chi connectivity index (χ3n) is 4.97. The molecular formula is C22H22N6O. The number of hydrogen-bond donors (Lipinski definition) is 1. The molecule has 2 heterocycles. The smallest absolute Gasteiger partial charge is 0.255 e. The zero-order valence-corrected chi connectivity index (χ0v) is 16.6. The lowest BCUT2D eigenvalue weighted by atomic mass is 10.1. The molecule has 0 spiro atoms. The summed E-state index contributed by atoms with van der Waals surface area (Å²) in [6.45, 7) is 4.05. The van der Waals surface area contributed by atoms with Crippen molar-refractivity contribution in [2.75, 3.05) is 17.3 Å². The van der Waals surface area contributed by atoms with Crippen molar-refractivity contribution in [3.8, 4) is 0 Å². The highest BCUT2D eigenvalue weighted by Gasteiger charge is 2.17. The molecule has 0 aliphatic heterocycles. The number of aromatic nitrogens is 4. The van der Waals surface area contributed by atoms with Gasteiger partial charge in [0.1, 0.15) is 12.1 Å². The maximum Gasteiger partial charge on any atom is 0.255 e. The van der Waals surface area contributed by atoms with E-state index in [0.717, 1.165) is 22.8 Å². The van der Waals surface area contributed by atoms with Gasteiger partial charge < -0.3 is 10.2 Å². The first-order chi connectivity index (χ1) is 14.0. The fourth-order valence-corrected chi connectivity index (χ4v) is 3.25. The third kappa shape index (κ3) is 3.80. The molecular weight excluding hydrogens is 364 g/mol. The Kier molecular flexibility index (Phi) is 4.95. The minimum absolute atomic E-state index is 0.0396. The Morgan fingerprint density at radius 3 is 2.69 bits per heavy atom. The Bertz CT molecular complexity index is 1150. The van der Waals surface area contributed by atoms with Crippen LogP contribution in [0.25, 0.3) is 5.78 Å². The molecule has 29 heavy (non-hydrogen) atoms. The normalized spacial score (nSPS) is 12.0. The summed E-state index contributed by atoms with van der Waals surface area (Å²) in [7, 11) is 2.01. The number of hydrogen-bond acceptors (Lipinski definition) is 5. The molecule has 0 bridgehead atoms. The monoisotopic (exact) mass is 386 g/mol. The minimum atomic E-state index is -0.127. The Hall–Kier alpha value is -3.74. The van der Waals surface area contributed by atoms with Crippen LogP contribution >= 0.6 is 0 Å². The predicted octanol–water partition coefficient (Wildman–Crippen LogP) is 3.88. The van der Waals surface area contributed by atoms with Crippen LogP contribution in [0.3, 0.4) is 0 Å². The number of carbonyl (C=O) groups excluding carboxylic acids is 1. The second-order valence-corrected chi connectivity index (χ2v) is 6.96. The van der Waals surface area contributed by atoms with Gasteiger partial charge >= 0.3 is 0 Å². The van der Waals surface area contributed by atoms with Crippen molar-refractivity contribution < 1.29 is 4.79 Å². The van der Waals surface area contributed by atoms with E-state index in [4.69, 9.17) is 0 Å². The number of benzene rings is 2. The summed E-state index contributed by atoms with van der Waals surface area (Å²) in [5.74, 6) is 1.34. The van der Waals surface area contributed by atoms with E-state index in [1.165, 1.54) is 6.33 Å². The summed E-state index contributed by atoms with van der Waals surface area (Å²) < 4.78 is 1.73. The Balaban J connectivity index is 1.59. The molecule has 7 nitrogen and oxygen atoms in total. The highest BCUT2D eigenvalue weighted by atomic mass is 16.1. The molecule has 4 rings (SSSR count). The van der Waals surface area contributed by atoms with Crippen LogP contribution in [-0.4, -0.2) is 32.5 Å². The molecule has 1 unspecified atom stereocenters. The van der Waals surface area contributed by atoms with Gasteiger partial charge in [-0.3, -0.25) is 4.79 Å². The number of carbonyl (C=O) groups is 1. The van der Waals surface area contributed by atoms with Crippen molar-refractivity contribution in [3.05, 3.63) is 83.8 Å². The fourth-order valence-electron chi connectivity index (χ4n) is 3.25. The molecule has 1 atom stereocenters. The van der Waals surface area contributed by atoms with Crippen LogP contribution in [0.5, 0.6) is 0 Å². The van der Waals surface area contributed by atoms with E-state index in [1.807, 2.05) is 62.5 Å². The SMILES string of the molecule is Cc1cc(N(C)C(C)c2cccc(NC(=O)c3ccccc3)c2)n2ncnc2n1. The molecule has 1 N–H and O–H groups in total. The maximum absolute atomic E-state index is 12.5. The van der Waals surface area contributed by atoms with Crippen LogP contribution in [0, 0.1) is 6.92 Å². The molecule has 146 valence electrons. The van der Waals surface area contributed by atoms with Gasteiger partial charge in [-0.05, 0) is 43.7 Å². The first-order valence-electron chi connectivity index (χ1n) is 9.39. The Morgan fingerprint density at radius 2 is 1.90 bits per heavy atom. The number of anilines is 2. The molecule has 0 aliphatic carbocycles. The van der Waals surface area contributed by atoms with Crippen molar-refractivity contribution in [3.63, 3.8) is 0 Å². The first-order valence-corrected chi connectivity index (χ1v) is 9.39. The second kappa shape index (κ2) is 7.71. The lowest BCUT2D eigenvalue weighted by molar-refractivity contribution is 0.102. The van der Waals surface area contributed by atoms with Crippen molar-refractivity contribution in [1.82, 2.24) is 19.6 Å². The summed E-state index contributed by atoms with van der Waals surface area (Å²) in [5, 5.41) is 7.26. The van der Waals surface area contributed by atoms with Gasteiger partial charge in [0.15, 0.2) is 0 Å². The van der Waals surface area contributed by atoms with Gasteiger partial charge in [-0.15, -0.1) is 0 Å². The first kappa shape index (κ1) is 18.6. The number of amides is 1. The van der Waals surface area contributed by atoms with Gasteiger partial charge in [-0.1, -0.05) is 30.3 Å². The molecule has 7 heteroatoms. The van der Waals surface area contributed by atoms with E-state index in [2.05, 4.69) is 32.2 Å². The van der Waals surface area contributed by atoms with Gasteiger partial charge in [0, 0.05) is 30.1 Å². The summed E-state index contributed by atoms with van der Waals surface area (Å²) in [4.78, 5) is 23.2. The van der Waals surface area contributed by atoms with Crippen LogP contribution in [0.1, 0.15) is 34.6 Å². The molecule has 0 fully saturated rings. The fraction of sp³-hybridized carbons (Fsp3) is 0.182. The molecule has 2 aromatic heterocycles. The van der Waals surface area contributed by atoms with Gasteiger partial charge in [0.25, 0.3) is 11.7 Å². The number of rotatable bonds is 5. The van der Waals surface area contributed by atoms with Gasteiger partial charge in [-0.2, -0.15) is 14.6 Å². The summed E-state index contributed by atoms with van der Waals surface area (Å²) >= 11 is 0. The number of nitrogens with zero attached hydrogens (tertiary/aromatic N) is 5. The van der Waals surface area contributed by atoms with Crippen LogP contribution < -0.4 is 10.2 Å². The lowest BCUT2D eigenvalue weighted by Gasteiger charge is -2.28. The van der Waals surface area contributed by atoms with E-state index >= 15 is 0 Å². The van der Waals surface area contributed by atoms with E-state index in [-0.39, 0.29) is 11.9 Å². The highest BCUT2D eigenvalue weighted by molar-refractivity contribution is 6.04. The Morgan fingerprint density at radius 1 is 1.10 bits per heavy atom. The molecule has 4 aromatic rings. The average Bonchev–Trinajstić information content (AvgIpc) is 3.21. The van der Waals surface area contributed by atoms with Crippen molar-refractivity contribution >= 4 is 23.2 Å². The quantitative estimate of drug-likeness (QED) is 0.563. The zero-order valence-electron chi connectivity index (χ0n) is 16.6. The number of nitrogens with one attached hydrogen (secondary N) is 1. The van der Waals surface area contributed by atoms with E-state index in [0.29, 0.717) is 11.3 Å². The van der Waals surface area contributed by atoms with E-state index < -0.39 is 0 Å². The topological polar surface area (TPSA) is 75.4 Å². The number of fused-ring (bicyclic) bond motifs is 1.